The van der Waals surface area contributed by atoms with Crippen LogP contribution in [0.15, 0.2) is 18.2 Å². The minimum atomic E-state index is 0.540. The first-order valence-electron chi connectivity index (χ1n) is 4.07. The summed E-state index contributed by atoms with van der Waals surface area (Å²) in [4.78, 5) is 10.5. The molecule has 0 saturated carbocycles. The van der Waals surface area contributed by atoms with E-state index in [1.54, 1.807) is 18.2 Å². The smallest absolute Gasteiger partial charge is 0.150 e. The molecular weight excluding hydrogens is 263 g/mol. The monoisotopic (exact) mass is 270 g/mol. The number of alkyl halides is 1. The van der Waals surface area contributed by atoms with E-state index in [4.69, 9.17) is 11.6 Å². The third kappa shape index (κ3) is 3.53. The number of aldehydes is 1. The quantitative estimate of drug-likeness (QED) is 0.458. The maximum Gasteiger partial charge on any atom is 0.150 e. The number of carbonyl (C=O) groups is 1. The van der Waals surface area contributed by atoms with Crippen molar-refractivity contribution in [2.45, 2.75) is 6.42 Å². The number of rotatable bonds is 2. The van der Waals surface area contributed by atoms with Crippen molar-refractivity contribution in [1.29, 1.82) is 0 Å². The highest BCUT2D eigenvalue weighted by Crippen LogP contribution is 2.13. The van der Waals surface area contributed by atoms with Crippen molar-refractivity contribution in [3.63, 3.8) is 0 Å². The summed E-state index contributed by atoms with van der Waals surface area (Å²) in [6.07, 6.45) is 1.55. The molecule has 0 spiro atoms. The lowest BCUT2D eigenvalue weighted by atomic mass is 10.1. The first-order chi connectivity index (χ1) is 6.76. The van der Waals surface area contributed by atoms with Crippen molar-refractivity contribution >= 4 is 33.8 Å². The molecule has 0 fully saturated rings. The average molecular weight is 272 g/mol. The van der Waals surface area contributed by atoms with Crippen molar-refractivity contribution in [3.05, 3.63) is 34.3 Å². The fraction of sp³-hybridized carbons (Fsp3) is 0.182. The summed E-state index contributed by atoms with van der Waals surface area (Å²) >= 11 is 9.09. The van der Waals surface area contributed by atoms with Gasteiger partial charge in [0.2, 0.25) is 0 Å². The van der Waals surface area contributed by atoms with Crippen LogP contribution in [0.4, 0.5) is 0 Å². The SMILES string of the molecule is O=Cc1cc(Cl)cc(C#CCCBr)c1. The Kier molecular flexibility index (Phi) is 4.72. The molecule has 0 aliphatic carbocycles. The molecule has 0 aromatic heterocycles. The van der Waals surface area contributed by atoms with Crippen LogP contribution in [0.25, 0.3) is 0 Å². The van der Waals surface area contributed by atoms with E-state index < -0.39 is 0 Å². The largest absolute Gasteiger partial charge is 0.298 e. The van der Waals surface area contributed by atoms with Gasteiger partial charge in [-0.3, -0.25) is 4.79 Å². The standard InChI is InChI=1S/C11H8BrClO/c12-4-2-1-3-9-5-10(8-14)7-11(13)6-9/h5-8H,2,4H2. The molecule has 1 rings (SSSR count). The molecule has 0 atom stereocenters. The molecule has 0 aliphatic rings. The van der Waals surface area contributed by atoms with Crippen LogP contribution in [0.3, 0.4) is 0 Å². The highest BCUT2D eigenvalue weighted by Gasteiger charge is 1.95. The molecule has 0 amide bonds. The van der Waals surface area contributed by atoms with E-state index in [2.05, 4.69) is 27.8 Å². The van der Waals surface area contributed by atoms with E-state index >= 15 is 0 Å². The second kappa shape index (κ2) is 5.85. The Morgan fingerprint density at radius 2 is 2.21 bits per heavy atom. The van der Waals surface area contributed by atoms with Gasteiger partial charge in [-0.2, -0.15) is 0 Å². The third-order valence-electron chi connectivity index (χ3n) is 1.51. The molecular formula is C11H8BrClO. The normalized spacial score (nSPS) is 9.00. The summed E-state index contributed by atoms with van der Waals surface area (Å²) < 4.78 is 0. The van der Waals surface area contributed by atoms with Gasteiger partial charge in [0, 0.05) is 27.9 Å². The number of carbonyl (C=O) groups excluding carboxylic acids is 1. The highest BCUT2D eigenvalue weighted by atomic mass is 79.9. The van der Waals surface area contributed by atoms with E-state index in [1.807, 2.05) is 0 Å². The van der Waals surface area contributed by atoms with Gasteiger partial charge in [-0.15, -0.1) is 0 Å². The summed E-state index contributed by atoms with van der Waals surface area (Å²) in [6.45, 7) is 0. The van der Waals surface area contributed by atoms with Crippen molar-refractivity contribution in [2.24, 2.45) is 0 Å². The van der Waals surface area contributed by atoms with Crippen molar-refractivity contribution in [1.82, 2.24) is 0 Å². The van der Waals surface area contributed by atoms with Gasteiger partial charge < -0.3 is 0 Å². The topological polar surface area (TPSA) is 17.1 Å². The van der Waals surface area contributed by atoms with Crippen LogP contribution in [0.1, 0.15) is 22.3 Å². The predicted octanol–water partition coefficient (Wildman–Crippen LogP) is 3.29. The summed E-state index contributed by atoms with van der Waals surface area (Å²) in [5.41, 5.74) is 1.33. The number of benzene rings is 1. The number of hydrogen-bond donors (Lipinski definition) is 0. The Bertz CT molecular complexity index is 390. The molecule has 0 saturated heterocycles. The molecule has 1 nitrogen and oxygen atoms in total. The lowest BCUT2D eigenvalue weighted by Crippen LogP contribution is -1.82. The Morgan fingerprint density at radius 3 is 2.86 bits per heavy atom. The van der Waals surface area contributed by atoms with Gasteiger partial charge in [0.1, 0.15) is 6.29 Å². The van der Waals surface area contributed by atoms with E-state index in [-0.39, 0.29) is 0 Å². The van der Waals surface area contributed by atoms with Crippen LogP contribution in [-0.2, 0) is 0 Å². The van der Waals surface area contributed by atoms with Gasteiger partial charge in [0.15, 0.2) is 0 Å². The number of halogens is 2. The molecule has 3 heteroatoms. The van der Waals surface area contributed by atoms with Gasteiger partial charge >= 0.3 is 0 Å². The van der Waals surface area contributed by atoms with E-state index in [9.17, 15) is 4.79 Å². The summed E-state index contributed by atoms with van der Waals surface area (Å²) in [5.74, 6) is 5.90. The predicted molar refractivity (Wildman–Crippen MR) is 62.1 cm³/mol. The average Bonchev–Trinajstić information content (AvgIpc) is 2.17. The van der Waals surface area contributed by atoms with Gasteiger partial charge in [-0.1, -0.05) is 39.4 Å². The van der Waals surface area contributed by atoms with Crippen LogP contribution in [0.5, 0.6) is 0 Å². The van der Waals surface area contributed by atoms with Gasteiger partial charge in [-0.25, -0.2) is 0 Å². The molecule has 1 aromatic carbocycles. The van der Waals surface area contributed by atoms with Crippen molar-refractivity contribution < 1.29 is 4.79 Å². The Hall–Kier alpha value is -0.780. The lowest BCUT2D eigenvalue weighted by molar-refractivity contribution is 0.112. The number of hydrogen-bond acceptors (Lipinski definition) is 1. The Morgan fingerprint density at radius 1 is 1.43 bits per heavy atom. The highest BCUT2D eigenvalue weighted by molar-refractivity contribution is 9.09. The molecule has 0 radical (unpaired) electrons. The molecule has 0 heterocycles. The fourth-order valence-electron chi connectivity index (χ4n) is 0.964. The van der Waals surface area contributed by atoms with Crippen molar-refractivity contribution in [2.75, 3.05) is 5.33 Å². The Balaban J connectivity index is 2.93. The first-order valence-corrected chi connectivity index (χ1v) is 5.57. The first kappa shape index (κ1) is 11.3. The maximum atomic E-state index is 10.5. The molecule has 1 aromatic rings. The van der Waals surface area contributed by atoms with E-state index in [1.165, 1.54) is 0 Å². The van der Waals surface area contributed by atoms with E-state index in [0.717, 1.165) is 23.6 Å². The Labute approximate surface area is 96.6 Å². The zero-order valence-electron chi connectivity index (χ0n) is 7.39. The second-order valence-electron chi connectivity index (χ2n) is 2.63. The zero-order valence-corrected chi connectivity index (χ0v) is 9.73. The molecule has 0 unspecified atom stereocenters. The van der Waals surface area contributed by atoms with Crippen LogP contribution in [0, 0.1) is 11.8 Å². The van der Waals surface area contributed by atoms with Crippen molar-refractivity contribution in [3.8, 4) is 11.8 Å². The molecule has 0 bridgehead atoms. The molecule has 14 heavy (non-hydrogen) atoms. The van der Waals surface area contributed by atoms with Gasteiger partial charge in [-0.05, 0) is 18.2 Å². The van der Waals surface area contributed by atoms with Gasteiger partial charge in [0.05, 0.1) is 0 Å². The van der Waals surface area contributed by atoms with Crippen LogP contribution < -0.4 is 0 Å². The summed E-state index contributed by atoms with van der Waals surface area (Å²) in [7, 11) is 0. The molecule has 0 aliphatic heterocycles. The fourth-order valence-corrected chi connectivity index (χ4v) is 1.41. The summed E-state index contributed by atoms with van der Waals surface area (Å²) in [6, 6.07) is 5.08. The third-order valence-corrected chi connectivity index (χ3v) is 2.12. The minimum Gasteiger partial charge on any atom is -0.298 e. The maximum absolute atomic E-state index is 10.5. The zero-order chi connectivity index (χ0) is 10.4. The van der Waals surface area contributed by atoms with E-state index in [0.29, 0.717) is 10.6 Å². The molecule has 0 N–H and O–H groups in total. The van der Waals surface area contributed by atoms with Crippen LogP contribution in [0.2, 0.25) is 5.02 Å². The second-order valence-corrected chi connectivity index (χ2v) is 3.86. The van der Waals surface area contributed by atoms with Gasteiger partial charge in [0.25, 0.3) is 0 Å². The lowest BCUT2D eigenvalue weighted by Gasteiger charge is -1.94. The summed E-state index contributed by atoms with van der Waals surface area (Å²) in [5, 5.41) is 1.39. The minimum absolute atomic E-state index is 0.540. The molecule has 72 valence electrons. The van der Waals surface area contributed by atoms with Crippen LogP contribution in [-0.4, -0.2) is 11.6 Å². The van der Waals surface area contributed by atoms with Crippen LogP contribution >= 0.6 is 27.5 Å².